The number of fused-ring (bicyclic) bond motifs is 2. The molecule has 0 spiro atoms. The van der Waals surface area contributed by atoms with Gasteiger partial charge in [-0.3, -0.25) is 4.79 Å². The highest BCUT2D eigenvalue weighted by Crippen LogP contribution is 2.30. The molecule has 3 aromatic rings. The monoisotopic (exact) mass is 375 g/mol. The fraction of sp³-hybridized carbons (Fsp3) is 0.318. The Morgan fingerprint density at radius 1 is 1.21 bits per heavy atom. The van der Waals surface area contributed by atoms with E-state index in [4.69, 9.17) is 9.97 Å². The standard InChI is InChI=1S/C22H25N5O/c1-5-10-22(3,4)27-20-13(2)24-17-8-6-7-14(19(17)26-20)18-12-15-16(25-18)9-11-23-21(15)28/h5-8,10,12,25H,9,11H2,1-4H3,(H,23,28)(H,26,27). The van der Waals surface area contributed by atoms with E-state index in [-0.39, 0.29) is 11.4 Å². The summed E-state index contributed by atoms with van der Waals surface area (Å²) in [4.78, 5) is 25.2. The maximum Gasteiger partial charge on any atom is 0.253 e. The lowest BCUT2D eigenvalue weighted by Gasteiger charge is -2.24. The smallest absolute Gasteiger partial charge is 0.253 e. The minimum Gasteiger partial charge on any atom is -0.360 e. The van der Waals surface area contributed by atoms with E-state index in [0.29, 0.717) is 12.1 Å². The van der Waals surface area contributed by atoms with Crippen molar-refractivity contribution in [3.05, 3.63) is 53.4 Å². The number of carbonyl (C=O) groups is 1. The molecular formula is C22H25N5O. The van der Waals surface area contributed by atoms with E-state index in [0.717, 1.165) is 45.9 Å². The van der Waals surface area contributed by atoms with Crippen LogP contribution in [0.15, 0.2) is 36.4 Å². The van der Waals surface area contributed by atoms with Gasteiger partial charge in [0.05, 0.1) is 22.3 Å². The molecule has 0 saturated heterocycles. The van der Waals surface area contributed by atoms with E-state index in [1.165, 1.54) is 0 Å². The van der Waals surface area contributed by atoms with Crippen molar-refractivity contribution in [1.29, 1.82) is 0 Å². The van der Waals surface area contributed by atoms with Crippen molar-refractivity contribution >= 4 is 22.8 Å². The first kappa shape index (κ1) is 18.2. The average Bonchev–Trinajstić information content (AvgIpc) is 3.07. The summed E-state index contributed by atoms with van der Waals surface area (Å²) < 4.78 is 0. The van der Waals surface area contributed by atoms with Gasteiger partial charge in [0.2, 0.25) is 0 Å². The number of aryl methyl sites for hydroxylation is 1. The zero-order valence-corrected chi connectivity index (χ0v) is 16.7. The molecule has 1 aliphatic heterocycles. The SMILES string of the molecule is CC=CC(C)(C)Nc1nc2c(-c3cc4c([nH]3)CCNC4=O)cccc2nc1C. The maximum atomic E-state index is 12.1. The molecule has 0 fully saturated rings. The number of rotatable bonds is 4. The topological polar surface area (TPSA) is 82.7 Å². The number of hydrogen-bond donors (Lipinski definition) is 3. The number of aromatic nitrogens is 3. The summed E-state index contributed by atoms with van der Waals surface area (Å²) in [5.41, 5.74) is 5.79. The van der Waals surface area contributed by atoms with Crippen LogP contribution in [0.25, 0.3) is 22.3 Å². The number of anilines is 1. The molecule has 2 aromatic heterocycles. The summed E-state index contributed by atoms with van der Waals surface area (Å²) >= 11 is 0. The third-order valence-electron chi connectivity index (χ3n) is 4.99. The molecular weight excluding hydrogens is 350 g/mol. The van der Waals surface area contributed by atoms with Crippen molar-refractivity contribution < 1.29 is 4.79 Å². The van der Waals surface area contributed by atoms with Crippen LogP contribution < -0.4 is 10.6 Å². The molecule has 0 aliphatic carbocycles. The lowest BCUT2D eigenvalue weighted by atomic mass is 10.0. The molecule has 0 bridgehead atoms. The first-order chi connectivity index (χ1) is 13.4. The van der Waals surface area contributed by atoms with Gasteiger partial charge in [0.15, 0.2) is 0 Å². The summed E-state index contributed by atoms with van der Waals surface area (Å²) in [5, 5.41) is 6.37. The Bertz CT molecular complexity index is 1090. The van der Waals surface area contributed by atoms with Crippen molar-refractivity contribution in [2.24, 2.45) is 0 Å². The second kappa shape index (κ2) is 6.78. The number of H-pyrrole nitrogens is 1. The van der Waals surface area contributed by atoms with E-state index in [1.807, 2.05) is 44.2 Å². The van der Waals surface area contributed by atoms with Gasteiger partial charge in [0.1, 0.15) is 11.3 Å². The summed E-state index contributed by atoms with van der Waals surface area (Å²) in [6, 6.07) is 7.87. The van der Waals surface area contributed by atoms with Crippen LogP contribution in [0.5, 0.6) is 0 Å². The van der Waals surface area contributed by atoms with Gasteiger partial charge in [-0.05, 0) is 39.8 Å². The number of nitrogens with zero attached hydrogens (tertiary/aromatic N) is 2. The first-order valence-electron chi connectivity index (χ1n) is 9.58. The normalized spacial score (nSPS) is 14.4. The molecule has 4 rings (SSSR count). The van der Waals surface area contributed by atoms with Gasteiger partial charge in [0, 0.05) is 29.9 Å². The third kappa shape index (κ3) is 3.26. The average molecular weight is 375 g/mol. The zero-order chi connectivity index (χ0) is 19.9. The van der Waals surface area contributed by atoms with Crippen molar-refractivity contribution in [3.63, 3.8) is 0 Å². The number of carbonyl (C=O) groups excluding carboxylic acids is 1. The van der Waals surface area contributed by atoms with Gasteiger partial charge in [-0.1, -0.05) is 24.3 Å². The van der Waals surface area contributed by atoms with Crippen LogP contribution in [0.4, 0.5) is 5.82 Å². The highest BCUT2D eigenvalue weighted by Gasteiger charge is 2.22. The van der Waals surface area contributed by atoms with Gasteiger partial charge in [-0.15, -0.1) is 0 Å². The molecule has 0 unspecified atom stereocenters. The zero-order valence-electron chi connectivity index (χ0n) is 16.7. The molecule has 1 aromatic carbocycles. The number of para-hydroxylation sites is 1. The summed E-state index contributed by atoms with van der Waals surface area (Å²) in [5.74, 6) is 0.735. The second-order valence-corrected chi connectivity index (χ2v) is 7.76. The van der Waals surface area contributed by atoms with Crippen LogP contribution in [-0.4, -0.2) is 32.9 Å². The van der Waals surface area contributed by atoms with E-state index in [9.17, 15) is 4.79 Å². The second-order valence-electron chi connectivity index (χ2n) is 7.76. The Morgan fingerprint density at radius 2 is 2.04 bits per heavy atom. The summed E-state index contributed by atoms with van der Waals surface area (Å²) in [6.07, 6.45) is 4.93. The van der Waals surface area contributed by atoms with Gasteiger partial charge >= 0.3 is 0 Å². The van der Waals surface area contributed by atoms with Gasteiger partial charge in [0.25, 0.3) is 5.91 Å². The number of benzene rings is 1. The highest BCUT2D eigenvalue weighted by molar-refractivity contribution is 5.99. The van der Waals surface area contributed by atoms with Gasteiger partial charge in [-0.25, -0.2) is 9.97 Å². The first-order valence-corrected chi connectivity index (χ1v) is 9.58. The third-order valence-corrected chi connectivity index (χ3v) is 4.99. The number of hydrogen-bond acceptors (Lipinski definition) is 4. The van der Waals surface area contributed by atoms with Crippen molar-refractivity contribution in [3.8, 4) is 11.3 Å². The van der Waals surface area contributed by atoms with Crippen LogP contribution in [-0.2, 0) is 6.42 Å². The van der Waals surface area contributed by atoms with Crippen molar-refractivity contribution in [2.75, 3.05) is 11.9 Å². The minimum atomic E-state index is -0.236. The molecule has 0 atom stereocenters. The van der Waals surface area contributed by atoms with Crippen LogP contribution in [0.1, 0.15) is 42.5 Å². The lowest BCUT2D eigenvalue weighted by Crippen LogP contribution is -2.31. The quantitative estimate of drug-likeness (QED) is 0.602. The largest absolute Gasteiger partial charge is 0.360 e. The van der Waals surface area contributed by atoms with Gasteiger partial charge < -0.3 is 15.6 Å². The molecule has 3 heterocycles. The van der Waals surface area contributed by atoms with E-state index in [2.05, 4.69) is 35.5 Å². The van der Waals surface area contributed by atoms with Crippen molar-refractivity contribution in [1.82, 2.24) is 20.3 Å². The van der Waals surface area contributed by atoms with Gasteiger partial charge in [-0.2, -0.15) is 0 Å². The minimum absolute atomic E-state index is 0.0265. The van der Waals surface area contributed by atoms with E-state index < -0.39 is 0 Å². The lowest BCUT2D eigenvalue weighted by molar-refractivity contribution is 0.0946. The Morgan fingerprint density at radius 3 is 2.79 bits per heavy atom. The predicted molar refractivity (Wildman–Crippen MR) is 113 cm³/mol. The summed E-state index contributed by atoms with van der Waals surface area (Å²) in [6.45, 7) is 8.83. The molecule has 0 saturated carbocycles. The fourth-order valence-electron chi connectivity index (χ4n) is 3.70. The molecule has 1 amide bonds. The van der Waals surface area contributed by atoms with Crippen LogP contribution in [0.3, 0.4) is 0 Å². The van der Waals surface area contributed by atoms with Crippen molar-refractivity contribution in [2.45, 2.75) is 39.7 Å². The van der Waals surface area contributed by atoms with Crippen LogP contribution >= 0.6 is 0 Å². The molecule has 28 heavy (non-hydrogen) atoms. The maximum absolute atomic E-state index is 12.1. The number of amides is 1. The molecule has 144 valence electrons. The molecule has 6 heteroatoms. The predicted octanol–water partition coefficient (Wildman–Crippen LogP) is 3.99. The molecule has 1 aliphatic rings. The number of nitrogens with one attached hydrogen (secondary N) is 3. The molecule has 3 N–H and O–H groups in total. The van der Waals surface area contributed by atoms with E-state index in [1.54, 1.807) is 0 Å². The Hall–Kier alpha value is -3.15. The Labute approximate surface area is 164 Å². The number of allylic oxidation sites excluding steroid dienone is 1. The fourth-order valence-corrected chi connectivity index (χ4v) is 3.70. The van der Waals surface area contributed by atoms with Crippen LogP contribution in [0, 0.1) is 6.92 Å². The highest BCUT2D eigenvalue weighted by atomic mass is 16.1. The number of aromatic amines is 1. The van der Waals surface area contributed by atoms with Crippen LogP contribution in [0.2, 0.25) is 0 Å². The Kier molecular flexibility index (Phi) is 4.41. The summed E-state index contributed by atoms with van der Waals surface area (Å²) in [7, 11) is 0. The molecule has 6 nitrogen and oxygen atoms in total. The van der Waals surface area contributed by atoms with E-state index >= 15 is 0 Å². The molecule has 0 radical (unpaired) electrons. The Balaban J connectivity index is 1.84.